The SMILES string of the molecule is C[SiH+]C(C)(C)CCOCc1ccc(-c2nnc(C3CC3)o2)cc1. The molecule has 1 aromatic carbocycles. The fourth-order valence-corrected chi connectivity index (χ4v) is 2.67. The Morgan fingerprint density at radius 2 is 1.96 bits per heavy atom. The number of aromatic nitrogens is 2. The van der Waals surface area contributed by atoms with Crippen molar-refractivity contribution in [2.45, 2.75) is 57.2 Å². The molecule has 2 aromatic rings. The minimum Gasteiger partial charge on any atom is -0.420 e. The maximum absolute atomic E-state index is 5.81. The molecule has 0 saturated heterocycles. The molecule has 1 aromatic heterocycles. The van der Waals surface area contributed by atoms with E-state index in [0.29, 0.717) is 33.0 Å². The van der Waals surface area contributed by atoms with Crippen molar-refractivity contribution in [2.24, 2.45) is 0 Å². The summed E-state index contributed by atoms with van der Waals surface area (Å²) >= 11 is 0. The molecule has 0 atom stereocenters. The minimum atomic E-state index is 0.446. The van der Waals surface area contributed by atoms with Gasteiger partial charge in [0.05, 0.1) is 24.8 Å². The summed E-state index contributed by atoms with van der Waals surface area (Å²) in [6.45, 7) is 8.43. The molecule has 1 aliphatic rings. The predicted octanol–water partition coefficient (Wildman–Crippen LogP) is 4.20. The van der Waals surface area contributed by atoms with Crippen LogP contribution in [0.5, 0.6) is 0 Å². The highest BCUT2D eigenvalue weighted by atomic mass is 28.2. The molecule has 0 N–H and O–H groups in total. The van der Waals surface area contributed by atoms with Crippen LogP contribution in [0.2, 0.25) is 11.6 Å². The molecule has 0 amide bonds. The number of hydrogen-bond acceptors (Lipinski definition) is 4. The second-order valence-corrected chi connectivity index (χ2v) is 9.14. The Kier molecular flexibility index (Phi) is 4.97. The van der Waals surface area contributed by atoms with Gasteiger partial charge >= 0.3 is 9.52 Å². The Hall–Kier alpha value is -1.46. The lowest BCUT2D eigenvalue weighted by atomic mass is 10.1. The predicted molar refractivity (Wildman–Crippen MR) is 93.0 cm³/mol. The molecule has 1 heterocycles. The van der Waals surface area contributed by atoms with Crippen molar-refractivity contribution in [3.05, 3.63) is 35.7 Å². The first-order valence-electron chi connectivity index (χ1n) is 8.38. The molecule has 0 bridgehead atoms. The quantitative estimate of drug-likeness (QED) is 0.538. The molecule has 0 unspecified atom stereocenters. The molecular formula is C18H25N2O2Si+. The van der Waals surface area contributed by atoms with Crippen LogP contribution in [0.3, 0.4) is 0 Å². The molecule has 1 fully saturated rings. The van der Waals surface area contributed by atoms with Crippen LogP contribution in [0.4, 0.5) is 0 Å². The molecule has 23 heavy (non-hydrogen) atoms. The third kappa shape index (κ3) is 4.51. The maximum Gasteiger partial charge on any atom is 0.301 e. The molecule has 1 aliphatic carbocycles. The van der Waals surface area contributed by atoms with Crippen LogP contribution < -0.4 is 0 Å². The third-order valence-corrected chi connectivity index (χ3v) is 6.36. The summed E-state index contributed by atoms with van der Waals surface area (Å²) < 4.78 is 11.5. The van der Waals surface area contributed by atoms with Gasteiger partial charge in [0.25, 0.3) is 0 Å². The van der Waals surface area contributed by atoms with E-state index in [4.69, 9.17) is 9.15 Å². The highest BCUT2D eigenvalue weighted by Crippen LogP contribution is 2.39. The topological polar surface area (TPSA) is 48.2 Å². The van der Waals surface area contributed by atoms with Gasteiger partial charge in [-0.3, -0.25) is 0 Å². The fourth-order valence-electron chi connectivity index (χ4n) is 2.26. The highest BCUT2D eigenvalue weighted by Gasteiger charge is 2.29. The zero-order valence-electron chi connectivity index (χ0n) is 14.2. The van der Waals surface area contributed by atoms with E-state index in [-0.39, 0.29) is 0 Å². The van der Waals surface area contributed by atoms with Crippen molar-refractivity contribution in [3.63, 3.8) is 0 Å². The zero-order chi connectivity index (χ0) is 16.3. The molecule has 0 spiro atoms. The second-order valence-electron chi connectivity index (χ2n) is 7.00. The smallest absolute Gasteiger partial charge is 0.301 e. The van der Waals surface area contributed by atoms with Gasteiger partial charge in [0.2, 0.25) is 11.8 Å². The largest absolute Gasteiger partial charge is 0.420 e. The van der Waals surface area contributed by atoms with E-state index in [2.05, 4.69) is 42.7 Å². The van der Waals surface area contributed by atoms with E-state index in [1.807, 2.05) is 12.1 Å². The third-order valence-electron chi connectivity index (χ3n) is 4.51. The van der Waals surface area contributed by atoms with Gasteiger partial charge in [-0.05, 0) is 44.4 Å². The summed E-state index contributed by atoms with van der Waals surface area (Å²) in [7, 11) is 0.479. The van der Waals surface area contributed by atoms with E-state index >= 15 is 0 Å². The van der Waals surface area contributed by atoms with Gasteiger partial charge in [-0.15, -0.1) is 10.2 Å². The Morgan fingerprint density at radius 1 is 1.22 bits per heavy atom. The summed E-state index contributed by atoms with van der Waals surface area (Å²) in [6, 6.07) is 8.21. The van der Waals surface area contributed by atoms with Gasteiger partial charge in [0, 0.05) is 17.9 Å². The van der Waals surface area contributed by atoms with Gasteiger partial charge in [0.1, 0.15) is 0 Å². The van der Waals surface area contributed by atoms with Gasteiger partial charge in [-0.1, -0.05) is 12.1 Å². The lowest BCUT2D eigenvalue weighted by Crippen LogP contribution is -2.12. The van der Waals surface area contributed by atoms with E-state index in [1.165, 1.54) is 18.4 Å². The Labute approximate surface area is 140 Å². The van der Waals surface area contributed by atoms with Crippen molar-refractivity contribution in [1.29, 1.82) is 0 Å². The lowest BCUT2D eigenvalue weighted by Gasteiger charge is -2.13. The van der Waals surface area contributed by atoms with Crippen LogP contribution >= 0.6 is 0 Å². The molecule has 5 heteroatoms. The van der Waals surface area contributed by atoms with Gasteiger partial charge < -0.3 is 9.15 Å². The molecule has 1 saturated carbocycles. The second kappa shape index (κ2) is 6.97. The maximum atomic E-state index is 5.81. The van der Waals surface area contributed by atoms with Crippen LogP contribution in [0.1, 0.15) is 50.5 Å². The van der Waals surface area contributed by atoms with Crippen molar-refractivity contribution in [2.75, 3.05) is 6.61 Å². The summed E-state index contributed by atoms with van der Waals surface area (Å²) in [5.41, 5.74) is 2.15. The average molecular weight is 329 g/mol. The standard InChI is InChI=1S/C18H25N2O2Si/c1-18(2,23-3)10-11-21-12-13-4-6-14(7-5-13)16-19-20-17(22-16)15-8-9-15/h4-7,15,23H,8-12H2,1-3H3/q+1. The molecular weight excluding hydrogens is 304 g/mol. The number of nitrogens with zero attached hydrogens (tertiary/aromatic N) is 2. The summed E-state index contributed by atoms with van der Waals surface area (Å²) in [6.07, 6.45) is 3.48. The van der Waals surface area contributed by atoms with Gasteiger partial charge in [-0.2, -0.15) is 0 Å². The Balaban J connectivity index is 1.50. The van der Waals surface area contributed by atoms with Crippen LogP contribution in [0.25, 0.3) is 11.5 Å². The zero-order valence-corrected chi connectivity index (χ0v) is 15.4. The first-order chi connectivity index (χ1) is 11.1. The summed E-state index contributed by atoms with van der Waals surface area (Å²) in [5, 5.41) is 8.72. The van der Waals surface area contributed by atoms with Crippen LogP contribution in [-0.4, -0.2) is 26.3 Å². The summed E-state index contributed by atoms with van der Waals surface area (Å²) in [4.78, 5) is 0. The summed E-state index contributed by atoms with van der Waals surface area (Å²) in [5.74, 6) is 1.90. The normalized spacial score (nSPS) is 14.9. The highest BCUT2D eigenvalue weighted by molar-refractivity contribution is 6.37. The van der Waals surface area contributed by atoms with E-state index in [9.17, 15) is 0 Å². The van der Waals surface area contributed by atoms with Crippen LogP contribution in [-0.2, 0) is 11.3 Å². The average Bonchev–Trinajstić information content (AvgIpc) is 3.30. The van der Waals surface area contributed by atoms with Crippen molar-refractivity contribution < 1.29 is 9.15 Å². The van der Waals surface area contributed by atoms with Crippen LogP contribution in [0, 0.1) is 0 Å². The number of benzene rings is 1. The Morgan fingerprint density at radius 3 is 2.61 bits per heavy atom. The molecule has 0 radical (unpaired) electrons. The first-order valence-corrected chi connectivity index (χ1v) is 10.1. The number of rotatable bonds is 8. The molecule has 122 valence electrons. The molecule has 3 rings (SSSR count). The van der Waals surface area contributed by atoms with Gasteiger partial charge in [-0.25, -0.2) is 0 Å². The van der Waals surface area contributed by atoms with E-state index < -0.39 is 0 Å². The lowest BCUT2D eigenvalue weighted by molar-refractivity contribution is 0.112. The fraction of sp³-hybridized carbons (Fsp3) is 0.556. The minimum absolute atomic E-state index is 0.446. The molecule has 4 nitrogen and oxygen atoms in total. The number of hydrogen-bond donors (Lipinski definition) is 0. The number of ether oxygens (including phenoxy) is 1. The molecule has 0 aliphatic heterocycles. The monoisotopic (exact) mass is 329 g/mol. The van der Waals surface area contributed by atoms with E-state index in [0.717, 1.165) is 24.5 Å². The first kappa shape index (κ1) is 16.4. The van der Waals surface area contributed by atoms with Gasteiger partial charge in [0.15, 0.2) is 0 Å². The van der Waals surface area contributed by atoms with Crippen molar-refractivity contribution in [3.8, 4) is 11.5 Å². The van der Waals surface area contributed by atoms with Crippen molar-refractivity contribution in [1.82, 2.24) is 10.2 Å². The Bertz CT molecular complexity index is 633. The van der Waals surface area contributed by atoms with Crippen LogP contribution in [0.15, 0.2) is 28.7 Å². The van der Waals surface area contributed by atoms with Crippen molar-refractivity contribution >= 4 is 9.52 Å². The van der Waals surface area contributed by atoms with E-state index in [1.54, 1.807) is 0 Å².